The summed E-state index contributed by atoms with van der Waals surface area (Å²) < 4.78 is 14.1. The summed E-state index contributed by atoms with van der Waals surface area (Å²) in [6, 6.07) is 22.8. The summed E-state index contributed by atoms with van der Waals surface area (Å²) in [5.41, 5.74) is 2.43. The zero-order valence-corrected chi connectivity index (χ0v) is 16.6. The fourth-order valence-electron chi connectivity index (χ4n) is 3.90. The van der Waals surface area contributed by atoms with E-state index in [9.17, 15) is 9.18 Å². The fraction of sp³-hybridized carbons (Fsp3) is 0.174. The summed E-state index contributed by atoms with van der Waals surface area (Å²) in [6.07, 6.45) is 0. The van der Waals surface area contributed by atoms with Gasteiger partial charge < -0.3 is 9.80 Å². The first-order valence-electron chi connectivity index (χ1n) is 9.67. The first kappa shape index (κ1) is 18.1. The van der Waals surface area contributed by atoms with E-state index in [1.807, 2.05) is 69.3 Å². The van der Waals surface area contributed by atoms with Gasteiger partial charge in [-0.3, -0.25) is 4.90 Å². The largest absolute Gasteiger partial charge is 0.366 e. The number of anilines is 3. The summed E-state index contributed by atoms with van der Waals surface area (Å²) in [4.78, 5) is 21.4. The van der Waals surface area contributed by atoms with Crippen LogP contribution in [0.4, 0.5) is 26.2 Å². The van der Waals surface area contributed by atoms with Crippen molar-refractivity contribution in [2.75, 3.05) is 36.0 Å². The number of urea groups is 1. The molecule has 0 unspecified atom stereocenters. The Kier molecular flexibility index (Phi) is 4.64. The number of carbonyl (C=O) groups is 1. The van der Waals surface area contributed by atoms with Crippen molar-refractivity contribution in [3.05, 3.63) is 78.6 Å². The van der Waals surface area contributed by atoms with Gasteiger partial charge in [0.15, 0.2) is 0 Å². The number of carbonyl (C=O) groups excluding carboxylic acids is 1. The van der Waals surface area contributed by atoms with Crippen molar-refractivity contribution in [2.45, 2.75) is 9.79 Å². The van der Waals surface area contributed by atoms with Crippen LogP contribution in [-0.2, 0) is 0 Å². The number of rotatable bonds is 1. The van der Waals surface area contributed by atoms with Gasteiger partial charge in [0.2, 0.25) is 0 Å². The van der Waals surface area contributed by atoms with Crippen molar-refractivity contribution in [1.82, 2.24) is 4.90 Å². The van der Waals surface area contributed by atoms with Crippen LogP contribution in [0.25, 0.3) is 0 Å². The zero-order valence-electron chi connectivity index (χ0n) is 15.8. The van der Waals surface area contributed by atoms with Gasteiger partial charge in [-0.1, -0.05) is 48.2 Å². The molecule has 2 aliphatic heterocycles. The van der Waals surface area contributed by atoms with Crippen LogP contribution in [0.15, 0.2) is 82.6 Å². The van der Waals surface area contributed by atoms with Gasteiger partial charge in [0.25, 0.3) is 0 Å². The van der Waals surface area contributed by atoms with Gasteiger partial charge in [-0.05, 0) is 36.4 Å². The molecule has 6 heteroatoms. The quantitative estimate of drug-likeness (QED) is 0.545. The molecule has 0 spiro atoms. The Bertz CT molecular complexity index is 1020. The predicted molar refractivity (Wildman–Crippen MR) is 115 cm³/mol. The maximum Gasteiger partial charge on any atom is 0.329 e. The van der Waals surface area contributed by atoms with Crippen molar-refractivity contribution in [1.29, 1.82) is 0 Å². The Labute approximate surface area is 173 Å². The van der Waals surface area contributed by atoms with Crippen LogP contribution in [0.1, 0.15) is 0 Å². The molecule has 29 heavy (non-hydrogen) atoms. The van der Waals surface area contributed by atoms with E-state index < -0.39 is 0 Å². The SMILES string of the molecule is O=C(N1CCN(c2ccccc2F)CC1)N1c2ccccc2Sc2ccccc21. The highest BCUT2D eigenvalue weighted by Crippen LogP contribution is 2.48. The minimum Gasteiger partial charge on any atom is -0.366 e. The number of halogens is 1. The Morgan fingerprint density at radius 1 is 0.724 bits per heavy atom. The van der Waals surface area contributed by atoms with Gasteiger partial charge >= 0.3 is 6.03 Å². The minimum atomic E-state index is -0.219. The van der Waals surface area contributed by atoms with E-state index in [4.69, 9.17) is 0 Å². The van der Waals surface area contributed by atoms with Crippen LogP contribution >= 0.6 is 11.8 Å². The normalized spacial score (nSPS) is 15.7. The first-order valence-corrected chi connectivity index (χ1v) is 10.5. The number of amides is 2. The van der Waals surface area contributed by atoms with E-state index in [1.54, 1.807) is 23.9 Å². The van der Waals surface area contributed by atoms with E-state index in [0.29, 0.717) is 31.9 Å². The van der Waals surface area contributed by atoms with Crippen LogP contribution in [0.5, 0.6) is 0 Å². The Balaban J connectivity index is 1.40. The van der Waals surface area contributed by atoms with Crippen molar-refractivity contribution in [3.8, 4) is 0 Å². The molecule has 0 aliphatic carbocycles. The summed E-state index contributed by atoms with van der Waals surface area (Å²) in [5, 5.41) is 0. The standard InChI is InChI=1S/C23H20FN3OS/c24-17-7-1-2-8-18(17)25-13-15-26(16-14-25)23(28)27-19-9-3-5-11-21(19)29-22-12-6-4-10-20(22)27/h1-12H,13-16H2. The lowest BCUT2D eigenvalue weighted by Gasteiger charge is -2.40. The molecule has 2 amide bonds. The van der Waals surface area contributed by atoms with Crippen molar-refractivity contribution < 1.29 is 9.18 Å². The molecule has 0 atom stereocenters. The number of para-hydroxylation sites is 3. The van der Waals surface area contributed by atoms with Crippen LogP contribution in [-0.4, -0.2) is 37.1 Å². The molecule has 1 fully saturated rings. The third-order valence-corrected chi connectivity index (χ3v) is 6.50. The highest BCUT2D eigenvalue weighted by molar-refractivity contribution is 7.99. The lowest BCUT2D eigenvalue weighted by Crippen LogP contribution is -2.52. The van der Waals surface area contributed by atoms with Crippen molar-refractivity contribution in [2.24, 2.45) is 0 Å². The number of fused-ring (bicyclic) bond motifs is 2. The second-order valence-corrected chi connectivity index (χ2v) is 8.16. The molecule has 5 rings (SSSR count). The average molecular weight is 405 g/mol. The number of nitrogens with zero attached hydrogens (tertiary/aromatic N) is 3. The van der Waals surface area contributed by atoms with Gasteiger partial charge in [-0.15, -0.1) is 0 Å². The maximum atomic E-state index is 14.1. The number of hydrogen-bond acceptors (Lipinski definition) is 3. The van der Waals surface area contributed by atoms with E-state index in [1.165, 1.54) is 6.07 Å². The molecule has 0 aromatic heterocycles. The molecular formula is C23H20FN3OS. The minimum absolute atomic E-state index is 0.0293. The van der Waals surface area contributed by atoms with Crippen LogP contribution in [0, 0.1) is 5.82 Å². The van der Waals surface area contributed by atoms with Gasteiger partial charge in [-0.25, -0.2) is 9.18 Å². The summed E-state index contributed by atoms with van der Waals surface area (Å²) >= 11 is 1.69. The molecule has 0 bridgehead atoms. The van der Waals surface area contributed by atoms with E-state index in [2.05, 4.69) is 0 Å². The zero-order chi connectivity index (χ0) is 19.8. The number of piperazine rings is 1. The van der Waals surface area contributed by atoms with Crippen LogP contribution in [0.2, 0.25) is 0 Å². The van der Waals surface area contributed by atoms with E-state index in [0.717, 1.165) is 21.2 Å². The highest BCUT2D eigenvalue weighted by Gasteiger charge is 2.32. The Hall–Kier alpha value is -2.99. The lowest BCUT2D eigenvalue weighted by molar-refractivity contribution is 0.203. The van der Waals surface area contributed by atoms with Gasteiger partial charge in [0, 0.05) is 36.0 Å². The highest BCUT2D eigenvalue weighted by atomic mass is 32.2. The monoisotopic (exact) mass is 405 g/mol. The third-order valence-electron chi connectivity index (χ3n) is 5.37. The van der Waals surface area contributed by atoms with Gasteiger partial charge in [0.1, 0.15) is 5.82 Å². The van der Waals surface area contributed by atoms with Crippen molar-refractivity contribution >= 4 is 34.9 Å². The summed E-state index contributed by atoms with van der Waals surface area (Å²) in [7, 11) is 0. The molecule has 0 radical (unpaired) electrons. The summed E-state index contributed by atoms with van der Waals surface area (Å²) in [6.45, 7) is 2.33. The van der Waals surface area contributed by atoms with Crippen LogP contribution in [0.3, 0.4) is 0 Å². The Morgan fingerprint density at radius 2 is 1.24 bits per heavy atom. The second kappa shape index (κ2) is 7.44. The molecular weight excluding hydrogens is 385 g/mol. The van der Waals surface area contributed by atoms with Gasteiger partial charge in [-0.2, -0.15) is 0 Å². The smallest absolute Gasteiger partial charge is 0.329 e. The van der Waals surface area contributed by atoms with Crippen LogP contribution < -0.4 is 9.80 Å². The third kappa shape index (κ3) is 3.23. The molecule has 3 aromatic carbocycles. The fourth-order valence-corrected chi connectivity index (χ4v) is 4.96. The number of hydrogen-bond donors (Lipinski definition) is 0. The molecule has 146 valence electrons. The van der Waals surface area contributed by atoms with Gasteiger partial charge in [0.05, 0.1) is 17.1 Å². The molecule has 0 N–H and O–H groups in total. The van der Waals surface area contributed by atoms with Crippen molar-refractivity contribution in [3.63, 3.8) is 0 Å². The molecule has 2 heterocycles. The lowest BCUT2D eigenvalue weighted by atomic mass is 10.2. The Morgan fingerprint density at radius 3 is 1.83 bits per heavy atom. The predicted octanol–water partition coefficient (Wildman–Crippen LogP) is 5.37. The van der Waals surface area contributed by atoms with E-state index >= 15 is 0 Å². The topological polar surface area (TPSA) is 26.8 Å². The molecule has 4 nitrogen and oxygen atoms in total. The average Bonchev–Trinajstić information content (AvgIpc) is 2.77. The summed E-state index contributed by atoms with van der Waals surface area (Å²) in [5.74, 6) is -0.219. The number of benzene rings is 3. The van der Waals surface area contributed by atoms with E-state index in [-0.39, 0.29) is 11.8 Å². The molecule has 2 aliphatic rings. The molecule has 0 saturated carbocycles. The molecule has 1 saturated heterocycles. The maximum absolute atomic E-state index is 14.1. The molecule has 3 aromatic rings. The first-order chi connectivity index (χ1) is 14.2. The second-order valence-electron chi connectivity index (χ2n) is 7.08.